The maximum absolute atomic E-state index is 12.8. The van der Waals surface area contributed by atoms with Gasteiger partial charge in [-0.1, -0.05) is 18.9 Å². The van der Waals surface area contributed by atoms with Crippen molar-refractivity contribution in [3.63, 3.8) is 0 Å². The Labute approximate surface area is 91.5 Å². The molecule has 0 saturated heterocycles. The van der Waals surface area contributed by atoms with E-state index in [1.54, 1.807) is 0 Å². The molecule has 0 aromatic heterocycles. The molecule has 5 heteroatoms. The van der Waals surface area contributed by atoms with E-state index in [4.69, 9.17) is 0 Å². The van der Waals surface area contributed by atoms with Crippen LogP contribution >= 0.6 is 0 Å². The van der Waals surface area contributed by atoms with E-state index in [-0.39, 0.29) is 12.0 Å². The molecule has 0 aromatic rings. The van der Waals surface area contributed by atoms with Gasteiger partial charge in [-0.15, -0.1) is 0 Å². The fraction of sp³-hybridized carbons (Fsp3) is 0.727. The van der Waals surface area contributed by atoms with Gasteiger partial charge in [-0.3, -0.25) is 4.79 Å². The third-order valence-electron chi connectivity index (χ3n) is 2.66. The molecule has 0 atom stereocenters. The zero-order chi connectivity index (χ0) is 12.2. The molecule has 0 N–H and O–H groups in total. The van der Waals surface area contributed by atoms with E-state index in [0.29, 0.717) is 12.8 Å². The molecule has 1 nitrogen and oxygen atoms in total. The maximum Gasteiger partial charge on any atom is 0.368 e. The smallest absolute Gasteiger partial charge is 0.287 e. The molecule has 0 aliphatic heterocycles. The Morgan fingerprint density at radius 2 is 1.81 bits per heavy atom. The number of hydrogen-bond acceptors (Lipinski definition) is 1. The summed E-state index contributed by atoms with van der Waals surface area (Å²) in [6.45, 7) is 0. The molecule has 0 heterocycles. The third-order valence-corrected chi connectivity index (χ3v) is 2.66. The Morgan fingerprint density at radius 1 is 1.19 bits per heavy atom. The summed E-state index contributed by atoms with van der Waals surface area (Å²) in [5.74, 6) is -6.24. The fourth-order valence-corrected chi connectivity index (χ4v) is 1.71. The molecule has 0 aromatic carbocycles. The number of hydrogen-bond donors (Lipinski definition) is 0. The van der Waals surface area contributed by atoms with Gasteiger partial charge in [0, 0.05) is 0 Å². The van der Waals surface area contributed by atoms with Crippen molar-refractivity contribution in [3.8, 4) is 0 Å². The minimum absolute atomic E-state index is 0.134. The molecular formula is C11H14F4O. The zero-order valence-corrected chi connectivity index (χ0v) is 8.82. The molecule has 0 unspecified atom stereocenters. The average molecular weight is 238 g/mol. The lowest BCUT2D eigenvalue weighted by Crippen LogP contribution is -2.37. The Hall–Kier alpha value is -0.870. The van der Waals surface area contributed by atoms with Crippen LogP contribution in [-0.4, -0.2) is 18.1 Å². The Balaban J connectivity index is 2.78. The largest absolute Gasteiger partial charge is 0.368 e. The molecule has 0 amide bonds. The van der Waals surface area contributed by atoms with Crippen LogP contribution in [0.2, 0.25) is 0 Å². The topological polar surface area (TPSA) is 17.1 Å². The number of allylic oxidation sites excluding steroid dienone is 2. The summed E-state index contributed by atoms with van der Waals surface area (Å²) in [6, 6.07) is 0. The molecule has 0 radical (unpaired) electrons. The van der Waals surface area contributed by atoms with Gasteiger partial charge in [0.1, 0.15) is 0 Å². The SMILES string of the molecule is O=C(C1=CCCCCCC1)C(F)(F)C(F)F. The van der Waals surface area contributed by atoms with E-state index in [0.717, 1.165) is 19.3 Å². The Kier molecular flexibility index (Phi) is 4.50. The first-order valence-corrected chi connectivity index (χ1v) is 5.36. The number of alkyl halides is 4. The van der Waals surface area contributed by atoms with Gasteiger partial charge < -0.3 is 0 Å². The van der Waals surface area contributed by atoms with Crippen LogP contribution in [0.5, 0.6) is 0 Å². The Bertz CT molecular complexity index is 284. The van der Waals surface area contributed by atoms with Crippen molar-refractivity contribution in [2.45, 2.75) is 50.9 Å². The average Bonchev–Trinajstić information content (AvgIpc) is 2.16. The molecule has 0 bridgehead atoms. The lowest BCUT2D eigenvalue weighted by atomic mass is 9.95. The van der Waals surface area contributed by atoms with E-state index < -0.39 is 18.1 Å². The number of carbonyl (C=O) groups is 1. The second-order valence-corrected chi connectivity index (χ2v) is 3.94. The minimum Gasteiger partial charge on any atom is -0.287 e. The normalized spacial score (nSPS) is 18.9. The van der Waals surface area contributed by atoms with Crippen LogP contribution in [0.3, 0.4) is 0 Å². The molecule has 1 aliphatic rings. The molecule has 0 saturated carbocycles. The summed E-state index contributed by atoms with van der Waals surface area (Å²) in [6.07, 6.45) is 1.42. The Morgan fingerprint density at radius 3 is 2.44 bits per heavy atom. The summed E-state index contributed by atoms with van der Waals surface area (Å²) in [7, 11) is 0. The summed E-state index contributed by atoms with van der Waals surface area (Å²) >= 11 is 0. The number of Topliss-reactive ketones (excluding diaryl/α,β-unsaturated/α-hetero) is 1. The van der Waals surface area contributed by atoms with Crippen molar-refractivity contribution in [2.24, 2.45) is 0 Å². The van der Waals surface area contributed by atoms with Crippen LogP contribution in [0, 0.1) is 0 Å². The monoisotopic (exact) mass is 238 g/mol. The molecule has 0 fully saturated rings. The molecule has 0 spiro atoms. The second kappa shape index (κ2) is 5.46. The van der Waals surface area contributed by atoms with Gasteiger partial charge in [-0.05, 0) is 31.3 Å². The highest BCUT2D eigenvalue weighted by Gasteiger charge is 2.49. The summed E-state index contributed by atoms with van der Waals surface area (Å²) in [5, 5.41) is 0. The van der Waals surface area contributed by atoms with E-state index in [1.165, 1.54) is 6.08 Å². The van der Waals surface area contributed by atoms with Crippen LogP contribution in [-0.2, 0) is 4.79 Å². The summed E-state index contributed by atoms with van der Waals surface area (Å²) in [5.41, 5.74) is -0.134. The van der Waals surface area contributed by atoms with E-state index in [1.807, 2.05) is 0 Å². The van der Waals surface area contributed by atoms with Gasteiger partial charge >= 0.3 is 12.3 Å². The summed E-state index contributed by atoms with van der Waals surface area (Å²) < 4.78 is 49.6. The summed E-state index contributed by atoms with van der Waals surface area (Å²) in [4.78, 5) is 11.2. The number of ketones is 1. The van der Waals surface area contributed by atoms with Crippen molar-refractivity contribution >= 4 is 5.78 Å². The van der Waals surface area contributed by atoms with Crippen LogP contribution in [0.4, 0.5) is 17.6 Å². The van der Waals surface area contributed by atoms with Gasteiger partial charge in [-0.2, -0.15) is 8.78 Å². The molecule has 16 heavy (non-hydrogen) atoms. The quantitative estimate of drug-likeness (QED) is 0.684. The highest BCUT2D eigenvalue weighted by molar-refractivity contribution is 6.00. The fourth-order valence-electron chi connectivity index (χ4n) is 1.71. The van der Waals surface area contributed by atoms with Crippen molar-refractivity contribution in [2.75, 3.05) is 0 Å². The van der Waals surface area contributed by atoms with Gasteiger partial charge in [0.2, 0.25) is 5.78 Å². The lowest BCUT2D eigenvalue weighted by Gasteiger charge is -2.17. The highest BCUT2D eigenvalue weighted by atomic mass is 19.3. The van der Waals surface area contributed by atoms with Crippen LogP contribution in [0.15, 0.2) is 11.6 Å². The van der Waals surface area contributed by atoms with Crippen molar-refractivity contribution in [1.29, 1.82) is 0 Å². The predicted molar refractivity (Wildman–Crippen MR) is 51.7 cm³/mol. The lowest BCUT2D eigenvalue weighted by molar-refractivity contribution is -0.163. The molecule has 92 valence electrons. The van der Waals surface area contributed by atoms with E-state index in [2.05, 4.69) is 0 Å². The van der Waals surface area contributed by atoms with Gasteiger partial charge in [0.25, 0.3) is 0 Å². The van der Waals surface area contributed by atoms with Gasteiger partial charge in [0.05, 0.1) is 0 Å². The molecule has 1 rings (SSSR count). The predicted octanol–water partition coefficient (Wildman–Crippen LogP) is 3.74. The molecular weight excluding hydrogens is 224 g/mol. The first-order chi connectivity index (χ1) is 7.46. The van der Waals surface area contributed by atoms with Crippen LogP contribution < -0.4 is 0 Å². The number of halogens is 4. The van der Waals surface area contributed by atoms with Gasteiger partial charge in [-0.25, -0.2) is 8.78 Å². The van der Waals surface area contributed by atoms with Crippen LogP contribution in [0.1, 0.15) is 38.5 Å². The highest BCUT2D eigenvalue weighted by Crippen LogP contribution is 2.30. The third kappa shape index (κ3) is 3.06. The standard InChI is InChI=1S/C11H14F4O/c12-10(13)11(14,15)9(16)8-6-4-2-1-3-5-7-8/h6,10H,1-5,7H2. The van der Waals surface area contributed by atoms with Crippen molar-refractivity contribution < 1.29 is 22.4 Å². The first kappa shape index (κ1) is 13.2. The maximum atomic E-state index is 12.8. The second-order valence-electron chi connectivity index (χ2n) is 3.94. The van der Waals surface area contributed by atoms with E-state index >= 15 is 0 Å². The number of rotatable bonds is 3. The van der Waals surface area contributed by atoms with Crippen LogP contribution in [0.25, 0.3) is 0 Å². The van der Waals surface area contributed by atoms with Gasteiger partial charge in [0.15, 0.2) is 0 Å². The number of carbonyl (C=O) groups excluding carboxylic acids is 1. The first-order valence-electron chi connectivity index (χ1n) is 5.36. The minimum atomic E-state index is -4.54. The zero-order valence-electron chi connectivity index (χ0n) is 8.82. The molecule has 1 aliphatic carbocycles. The van der Waals surface area contributed by atoms with Crippen molar-refractivity contribution in [1.82, 2.24) is 0 Å². The van der Waals surface area contributed by atoms with Crippen molar-refractivity contribution in [3.05, 3.63) is 11.6 Å². The van der Waals surface area contributed by atoms with E-state index in [9.17, 15) is 22.4 Å².